The molecule has 0 saturated carbocycles. The monoisotopic (exact) mass is 443 g/mol. The molecule has 1 aromatic heterocycles. The van der Waals surface area contributed by atoms with E-state index in [9.17, 15) is 14.9 Å². The van der Waals surface area contributed by atoms with Crippen LogP contribution in [0, 0.1) is 17.2 Å². The maximum atomic E-state index is 13.0. The number of rotatable bonds is 6. The fourth-order valence-corrected chi connectivity index (χ4v) is 4.26. The van der Waals surface area contributed by atoms with Crippen molar-refractivity contribution in [3.05, 3.63) is 56.7 Å². The SMILES string of the molecule is COc1ccc(Cl)cc1C(=O)N1CCCC(CNC(=O)/C(C#N)=C/c2cccs2)C1. The van der Waals surface area contributed by atoms with Crippen molar-refractivity contribution in [2.75, 3.05) is 26.7 Å². The van der Waals surface area contributed by atoms with Gasteiger partial charge in [0.05, 0.1) is 12.7 Å². The van der Waals surface area contributed by atoms with Gasteiger partial charge in [-0.3, -0.25) is 9.59 Å². The first kappa shape index (κ1) is 21.9. The predicted molar refractivity (Wildman–Crippen MR) is 118 cm³/mol. The lowest BCUT2D eigenvalue weighted by molar-refractivity contribution is -0.117. The number of carbonyl (C=O) groups is 2. The van der Waals surface area contributed by atoms with Gasteiger partial charge in [-0.1, -0.05) is 17.7 Å². The van der Waals surface area contributed by atoms with Crippen molar-refractivity contribution in [3.8, 4) is 11.8 Å². The first-order valence-corrected chi connectivity index (χ1v) is 10.8. The molecule has 0 spiro atoms. The largest absolute Gasteiger partial charge is 0.496 e. The van der Waals surface area contributed by atoms with Gasteiger partial charge in [-0.15, -0.1) is 11.3 Å². The van der Waals surface area contributed by atoms with E-state index in [1.54, 1.807) is 29.2 Å². The molecule has 1 aliphatic rings. The van der Waals surface area contributed by atoms with Crippen molar-refractivity contribution in [1.82, 2.24) is 10.2 Å². The number of nitrogens with zero attached hydrogens (tertiary/aromatic N) is 2. The van der Waals surface area contributed by atoms with Gasteiger partial charge in [0.1, 0.15) is 17.4 Å². The summed E-state index contributed by atoms with van der Waals surface area (Å²) >= 11 is 7.52. The molecule has 1 unspecified atom stereocenters. The van der Waals surface area contributed by atoms with Gasteiger partial charge in [0.15, 0.2) is 0 Å². The molecule has 0 bridgehead atoms. The summed E-state index contributed by atoms with van der Waals surface area (Å²) in [5.74, 6) is 0.0576. The van der Waals surface area contributed by atoms with E-state index in [1.165, 1.54) is 18.4 Å². The summed E-state index contributed by atoms with van der Waals surface area (Å²) in [6.45, 7) is 1.56. The van der Waals surface area contributed by atoms with Crippen molar-refractivity contribution in [2.45, 2.75) is 12.8 Å². The number of thiophene rings is 1. The zero-order chi connectivity index (χ0) is 21.5. The molecule has 2 heterocycles. The molecule has 0 aliphatic carbocycles. The minimum Gasteiger partial charge on any atom is -0.496 e. The van der Waals surface area contributed by atoms with Gasteiger partial charge < -0.3 is 15.0 Å². The number of halogens is 1. The van der Waals surface area contributed by atoms with Crippen LogP contribution in [0.1, 0.15) is 28.1 Å². The molecule has 2 aromatic rings. The van der Waals surface area contributed by atoms with Crippen LogP contribution in [0.5, 0.6) is 5.75 Å². The van der Waals surface area contributed by atoms with E-state index in [2.05, 4.69) is 5.32 Å². The van der Waals surface area contributed by atoms with Gasteiger partial charge in [0.2, 0.25) is 0 Å². The molecule has 0 radical (unpaired) electrons. The van der Waals surface area contributed by atoms with E-state index in [1.807, 2.05) is 23.6 Å². The molecule has 1 aromatic carbocycles. The van der Waals surface area contributed by atoms with Crippen molar-refractivity contribution in [1.29, 1.82) is 5.26 Å². The zero-order valence-corrected chi connectivity index (χ0v) is 18.1. The minimum absolute atomic E-state index is 0.0739. The van der Waals surface area contributed by atoms with Gasteiger partial charge in [-0.25, -0.2) is 0 Å². The Morgan fingerprint density at radius 3 is 2.97 bits per heavy atom. The summed E-state index contributed by atoms with van der Waals surface area (Å²) in [7, 11) is 1.52. The Hall–Kier alpha value is -2.82. The second kappa shape index (κ2) is 10.3. The van der Waals surface area contributed by atoms with Gasteiger partial charge in [-0.05, 0) is 54.5 Å². The summed E-state index contributed by atoms with van der Waals surface area (Å²) in [6.07, 6.45) is 3.32. The summed E-state index contributed by atoms with van der Waals surface area (Å²) in [4.78, 5) is 28.0. The lowest BCUT2D eigenvalue weighted by atomic mass is 9.97. The van der Waals surface area contributed by atoms with Crippen molar-refractivity contribution < 1.29 is 14.3 Å². The summed E-state index contributed by atoms with van der Waals surface area (Å²) < 4.78 is 5.30. The fraction of sp³-hybridized carbons (Fsp3) is 0.318. The molecule has 2 amide bonds. The molecule has 1 fully saturated rings. The van der Waals surface area contributed by atoms with Gasteiger partial charge in [-0.2, -0.15) is 5.26 Å². The Kier molecular flexibility index (Phi) is 7.50. The lowest BCUT2D eigenvalue weighted by Gasteiger charge is -2.33. The number of hydrogen-bond acceptors (Lipinski definition) is 5. The minimum atomic E-state index is -0.397. The number of methoxy groups -OCH3 is 1. The van der Waals surface area contributed by atoms with Crippen LogP contribution < -0.4 is 10.1 Å². The van der Waals surface area contributed by atoms with Crippen LogP contribution in [-0.2, 0) is 4.79 Å². The predicted octanol–water partition coefficient (Wildman–Crippen LogP) is 3.99. The third-order valence-corrected chi connectivity index (χ3v) is 6.00. The third-order valence-electron chi connectivity index (χ3n) is 4.94. The molecule has 1 aliphatic heterocycles. The Balaban J connectivity index is 1.61. The van der Waals surface area contributed by atoms with Crippen LogP contribution >= 0.6 is 22.9 Å². The maximum Gasteiger partial charge on any atom is 0.261 e. The van der Waals surface area contributed by atoms with E-state index in [4.69, 9.17) is 16.3 Å². The highest BCUT2D eigenvalue weighted by Gasteiger charge is 2.27. The fourth-order valence-electron chi connectivity index (χ4n) is 3.43. The molecule has 6 nitrogen and oxygen atoms in total. The number of nitrogens with one attached hydrogen (secondary N) is 1. The van der Waals surface area contributed by atoms with Crippen LogP contribution in [-0.4, -0.2) is 43.5 Å². The van der Waals surface area contributed by atoms with Crippen LogP contribution in [0.3, 0.4) is 0 Å². The first-order chi connectivity index (χ1) is 14.5. The summed E-state index contributed by atoms with van der Waals surface area (Å²) in [5, 5.41) is 14.5. The Labute approximate surface area is 184 Å². The molecule has 8 heteroatoms. The lowest BCUT2D eigenvalue weighted by Crippen LogP contribution is -2.44. The van der Waals surface area contributed by atoms with Crippen LogP contribution in [0.25, 0.3) is 6.08 Å². The normalized spacial score (nSPS) is 16.6. The van der Waals surface area contributed by atoms with Crippen molar-refractivity contribution >= 4 is 40.8 Å². The smallest absolute Gasteiger partial charge is 0.261 e. The van der Waals surface area contributed by atoms with Crippen molar-refractivity contribution in [3.63, 3.8) is 0 Å². The summed E-state index contributed by atoms with van der Waals surface area (Å²) in [6, 6.07) is 10.7. The highest BCUT2D eigenvalue weighted by atomic mass is 35.5. The van der Waals surface area contributed by atoms with Crippen LogP contribution in [0.4, 0.5) is 0 Å². The molecule has 156 valence electrons. The number of nitriles is 1. The molecule has 1 N–H and O–H groups in total. The summed E-state index contributed by atoms with van der Waals surface area (Å²) in [5.41, 5.74) is 0.505. The molecular formula is C22H22ClN3O3S. The quantitative estimate of drug-likeness (QED) is 0.540. The third kappa shape index (κ3) is 5.41. The number of hydrogen-bond donors (Lipinski definition) is 1. The van der Waals surface area contributed by atoms with Crippen LogP contribution in [0.15, 0.2) is 41.3 Å². The number of benzene rings is 1. The molecule has 3 rings (SSSR count). The van der Waals surface area contributed by atoms with Crippen LogP contribution in [0.2, 0.25) is 5.02 Å². The van der Waals surface area contributed by atoms with E-state index in [0.29, 0.717) is 36.0 Å². The molecular weight excluding hydrogens is 422 g/mol. The molecule has 1 saturated heterocycles. The topological polar surface area (TPSA) is 82.4 Å². The standard InChI is InChI=1S/C22H22ClN3O3S/c1-29-20-7-6-17(23)11-19(20)22(28)26-8-2-4-15(14-26)13-25-21(27)16(12-24)10-18-5-3-9-30-18/h3,5-7,9-11,15H,2,4,8,13-14H2,1H3,(H,25,27)/b16-10+. The number of carbonyl (C=O) groups excluding carboxylic acids is 2. The highest BCUT2D eigenvalue weighted by Crippen LogP contribution is 2.26. The molecule has 1 atom stereocenters. The second-order valence-electron chi connectivity index (χ2n) is 7.00. The van der Waals surface area contributed by atoms with E-state index >= 15 is 0 Å². The average Bonchev–Trinajstić information content (AvgIpc) is 3.28. The average molecular weight is 444 g/mol. The van der Waals surface area contributed by atoms with E-state index in [-0.39, 0.29) is 17.4 Å². The van der Waals surface area contributed by atoms with Gasteiger partial charge >= 0.3 is 0 Å². The number of piperidine rings is 1. The number of ether oxygens (including phenoxy) is 1. The number of likely N-dealkylation sites (tertiary alicyclic amines) is 1. The number of amides is 2. The van der Waals surface area contributed by atoms with E-state index in [0.717, 1.165) is 17.7 Å². The molecule has 30 heavy (non-hydrogen) atoms. The Bertz CT molecular complexity index is 982. The van der Waals surface area contributed by atoms with E-state index < -0.39 is 5.91 Å². The highest BCUT2D eigenvalue weighted by molar-refractivity contribution is 7.10. The van der Waals surface area contributed by atoms with Crippen molar-refractivity contribution in [2.24, 2.45) is 5.92 Å². The van der Waals surface area contributed by atoms with Gasteiger partial charge in [0.25, 0.3) is 11.8 Å². The Morgan fingerprint density at radius 1 is 1.43 bits per heavy atom. The maximum absolute atomic E-state index is 13.0. The Morgan fingerprint density at radius 2 is 2.27 bits per heavy atom. The second-order valence-corrected chi connectivity index (χ2v) is 8.41. The first-order valence-electron chi connectivity index (χ1n) is 9.58. The van der Waals surface area contributed by atoms with Gasteiger partial charge in [0, 0.05) is 29.5 Å². The zero-order valence-electron chi connectivity index (χ0n) is 16.6.